The number of halogens is 1. The molecule has 25 heavy (non-hydrogen) atoms. The maximum atomic E-state index is 11.7. The van der Waals surface area contributed by atoms with Gasteiger partial charge in [0.05, 0.1) is 11.2 Å². The van der Waals surface area contributed by atoms with Gasteiger partial charge in [0, 0.05) is 33.4 Å². The van der Waals surface area contributed by atoms with Crippen LogP contribution in [0.4, 0.5) is 0 Å². The maximum Gasteiger partial charge on any atom is 0.340 e. The Morgan fingerprint density at radius 3 is 2.68 bits per heavy atom. The molecule has 4 rings (SSSR count). The van der Waals surface area contributed by atoms with Crippen molar-refractivity contribution >= 4 is 43.7 Å². The highest BCUT2D eigenvalue weighted by atomic mass is 79.9. The summed E-state index contributed by atoms with van der Waals surface area (Å²) in [6.45, 7) is 0. The zero-order valence-electron chi connectivity index (χ0n) is 13.0. The molecule has 0 aliphatic carbocycles. The average Bonchev–Trinajstić information content (AvgIpc) is 2.99. The summed E-state index contributed by atoms with van der Waals surface area (Å²) in [6, 6.07) is 13.0. The lowest BCUT2D eigenvalue weighted by atomic mass is 10.0. The summed E-state index contributed by atoms with van der Waals surface area (Å²) >= 11 is 3.41. The van der Waals surface area contributed by atoms with E-state index in [1.165, 1.54) is 0 Å². The number of aromatic carboxylic acids is 1. The second kappa shape index (κ2) is 5.89. The lowest BCUT2D eigenvalue weighted by molar-refractivity contribution is 0.0695. The molecule has 4 aromatic rings. The normalized spacial score (nSPS) is 11.2. The Kier molecular flexibility index (Phi) is 3.69. The first kappa shape index (κ1) is 15.7. The van der Waals surface area contributed by atoms with Gasteiger partial charge in [0.25, 0.3) is 0 Å². The Balaban J connectivity index is 1.94. The van der Waals surface area contributed by atoms with Gasteiger partial charge < -0.3 is 15.2 Å². The SMILES string of the molecule is O=C(O)c1c(O)c(Cc2c[nH]c3ccccc23)nc2c(Br)cccc12. The van der Waals surface area contributed by atoms with Gasteiger partial charge in [-0.3, -0.25) is 0 Å². The van der Waals surface area contributed by atoms with E-state index in [-0.39, 0.29) is 11.3 Å². The van der Waals surface area contributed by atoms with Gasteiger partial charge in [0.2, 0.25) is 0 Å². The van der Waals surface area contributed by atoms with Crippen LogP contribution in [-0.4, -0.2) is 26.2 Å². The molecule has 0 amide bonds. The summed E-state index contributed by atoms with van der Waals surface area (Å²) in [6.07, 6.45) is 2.18. The Bertz CT molecular complexity index is 1130. The largest absolute Gasteiger partial charge is 0.505 e. The molecule has 0 unspecified atom stereocenters. The summed E-state index contributed by atoms with van der Waals surface area (Å²) < 4.78 is 0.688. The van der Waals surface area contributed by atoms with Crippen molar-refractivity contribution in [1.82, 2.24) is 9.97 Å². The lowest BCUT2D eigenvalue weighted by Gasteiger charge is -2.11. The molecule has 5 nitrogen and oxygen atoms in total. The molecule has 0 saturated carbocycles. The lowest BCUT2D eigenvalue weighted by Crippen LogP contribution is -2.04. The second-order valence-corrected chi connectivity index (χ2v) is 6.61. The number of aromatic amines is 1. The minimum absolute atomic E-state index is 0.124. The number of nitrogens with one attached hydrogen (secondary N) is 1. The molecule has 0 atom stereocenters. The third kappa shape index (κ3) is 2.55. The fourth-order valence-electron chi connectivity index (χ4n) is 3.09. The highest BCUT2D eigenvalue weighted by molar-refractivity contribution is 9.10. The van der Waals surface area contributed by atoms with Crippen molar-refractivity contribution in [3.05, 3.63) is 70.0 Å². The zero-order chi connectivity index (χ0) is 17.6. The number of H-pyrrole nitrogens is 1. The molecule has 124 valence electrons. The number of nitrogens with zero attached hydrogens (tertiary/aromatic N) is 1. The van der Waals surface area contributed by atoms with Crippen LogP contribution in [0.15, 0.2) is 53.1 Å². The zero-order valence-corrected chi connectivity index (χ0v) is 14.5. The van der Waals surface area contributed by atoms with E-state index < -0.39 is 5.97 Å². The molecule has 2 aromatic carbocycles. The van der Waals surface area contributed by atoms with Crippen LogP contribution >= 0.6 is 15.9 Å². The summed E-state index contributed by atoms with van der Waals surface area (Å²) in [5.74, 6) is -1.47. The van der Waals surface area contributed by atoms with Crippen LogP contribution < -0.4 is 0 Å². The number of fused-ring (bicyclic) bond motifs is 2. The Morgan fingerprint density at radius 1 is 1.12 bits per heavy atom. The molecule has 0 aliphatic rings. The third-order valence-electron chi connectivity index (χ3n) is 4.26. The minimum Gasteiger partial charge on any atom is -0.505 e. The summed E-state index contributed by atoms with van der Waals surface area (Å²) in [5, 5.41) is 21.5. The number of carboxylic acids is 1. The van der Waals surface area contributed by atoms with E-state index in [2.05, 4.69) is 25.9 Å². The first-order chi connectivity index (χ1) is 12.1. The van der Waals surface area contributed by atoms with Crippen molar-refractivity contribution < 1.29 is 15.0 Å². The number of hydrogen-bond acceptors (Lipinski definition) is 3. The van der Waals surface area contributed by atoms with Crippen molar-refractivity contribution in [3.63, 3.8) is 0 Å². The van der Waals surface area contributed by atoms with Gasteiger partial charge in [-0.05, 0) is 33.6 Å². The minimum atomic E-state index is -1.18. The number of rotatable bonds is 3. The van der Waals surface area contributed by atoms with E-state index in [4.69, 9.17) is 0 Å². The van der Waals surface area contributed by atoms with Gasteiger partial charge in [0.15, 0.2) is 5.75 Å². The number of aromatic nitrogens is 2. The van der Waals surface area contributed by atoms with E-state index in [1.807, 2.05) is 30.5 Å². The first-order valence-corrected chi connectivity index (χ1v) is 8.44. The monoisotopic (exact) mass is 396 g/mol. The molecule has 2 heterocycles. The predicted octanol–water partition coefficient (Wildman–Crippen LogP) is 4.47. The van der Waals surface area contributed by atoms with Crippen LogP contribution in [0.2, 0.25) is 0 Å². The Hall–Kier alpha value is -2.86. The molecule has 3 N–H and O–H groups in total. The molecule has 2 aromatic heterocycles. The summed E-state index contributed by atoms with van der Waals surface area (Å²) in [5.41, 5.74) is 2.66. The molecule has 0 radical (unpaired) electrons. The van der Waals surface area contributed by atoms with E-state index in [0.717, 1.165) is 16.5 Å². The number of hydrogen-bond donors (Lipinski definition) is 3. The first-order valence-electron chi connectivity index (χ1n) is 7.64. The smallest absolute Gasteiger partial charge is 0.340 e. The van der Waals surface area contributed by atoms with Crippen molar-refractivity contribution in [3.8, 4) is 5.75 Å². The molecule has 0 fully saturated rings. The van der Waals surface area contributed by atoms with Crippen LogP contribution in [0.1, 0.15) is 21.6 Å². The number of aromatic hydroxyl groups is 1. The molecular weight excluding hydrogens is 384 g/mol. The topological polar surface area (TPSA) is 86.2 Å². The molecule has 0 bridgehead atoms. The molecule has 0 aliphatic heterocycles. The van der Waals surface area contributed by atoms with Gasteiger partial charge in [0.1, 0.15) is 5.56 Å². The van der Waals surface area contributed by atoms with Gasteiger partial charge in [-0.2, -0.15) is 0 Å². The van der Waals surface area contributed by atoms with Crippen molar-refractivity contribution in [2.24, 2.45) is 0 Å². The highest BCUT2D eigenvalue weighted by Crippen LogP contribution is 2.34. The fourth-order valence-corrected chi connectivity index (χ4v) is 3.54. The van der Waals surface area contributed by atoms with Gasteiger partial charge in [-0.25, -0.2) is 9.78 Å². The quantitative estimate of drug-likeness (QED) is 0.476. The summed E-state index contributed by atoms with van der Waals surface area (Å²) in [4.78, 5) is 19.4. The standard InChI is InChI=1S/C19H13BrN2O3/c20-13-6-3-5-12-16(19(24)25)18(23)15(22-17(12)13)8-10-9-21-14-7-2-1-4-11(10)14/h1-7,9,21,23H,8H2,(H,24,25). The van der Waals surface area contributed by atoms with Crippen LogP contribution in [0.3, 0.4) is 0 Å². The number of pyridine rings is 1. The Labute approximate surface area is 151 Å². The number of carbonyl (C=O) groups is 1. The number of carboxylic acid groups (broad SMARTS) is 1. The number of para-hydroxylation sites is 2. The predicted molar refractivity (Wildman–Crippen MR) is 99.2 cm³/mol. The Morgan fingerprint density at radius 2 is 1.88 bits per heavy atom. The summed E-state index contributed by atoms with van der Waals surface area (Å²) in [7, 11) is 0. The van der Waals surface area contributed by atoms with Gasteiger partial charge in [-0.15, -0.1) is 0 Å². The van der Waals surface area contributed by atoms with E-state index in [0.29, 0.717) is 27.5 Å². The van der Waals surface area contributed by atoms with Crippen molar-refractivity contribution in [1.29, 1.82) is 0 Å². The molecule has 6 heteroatoms. The van der Waals surface area contributed by atoms with Crippen LogP contribution in [0.5, 0.6) is 5.75 Å². The second-order valence-electron chi connectivity index (χ2n) is 5.76. The van der Waals surface area contributed by atoms with Crippen LogP contribution in [0.25, 0.3) is 21.8 Å². The molecular formula is C19H13BrN2O3. The van der Waals surface area contributed by atoms with Gasteiger partial charge in [-0.1, -0.05) is 30.3 Å². The maximum absolute atomic E-state index is 11.7. The van der Waals surface area contributed by atoms with Crippen LogP contribution in [0, 0.1) is 0 Å². The van der Waals surface area contributed by atoms with E-state index in [1.54, 1.807) is 18.2 Å². The average molecular weight is 397 g/mol. The highest BCUT2D eigenvalue weighted by Gasteiger charge is 2.21. The van der Waals surface area contributed by atoms with Crippen LogP contribution in [-0.2, 0) is 6.42 Å². The van der Waals surface area contributed by atoms with Gasteiger partial charge >= 0.3 is 5.97 Å². The number of benzene rings is 2. The molecule has 0 spiro atoms. The van der Waals surface area contributed by atoms with Crippen molar-refractivity contribution in [2.75, 3.05) is 0 Å². The van der Waals surface area contributed by atoms with E-state index >= 15 is 0 Å². The molecule has 0 saturated heterocycles. The van der Waals surface area contributed by atoms with Crippen molar-refractivity contribution in [2.45, 2.75) is 6.42 Å². The third-order valence-corrected chi connectivity index (χ3v) is 4.90. The van der Waals surface area contributed by atoms with E-state index in [9.17, 15) is 15.0 Å². The fraction of sp³-hybridized carbons (Fsp3) is 0.0526.